The number of carbonyl (C=O) groups excluding carboxylic acids is 2. The van der Waals surface area contributed by atoms with Gasteiger partial charge >= 0.3 is 5.97 Å². The van der Waals surface area contributed by atoms with Crippen LogP contribution in [0.25, 0.3) is 10.8 Å². The van der Waals surface area contributed by atoms with Crippen molar-refractivity contribution < 1.29 is 19.5 Å². The molecule has 3 aromatic rings. The molecule has 0 aliphatic carbocycles. The van der Waals surface area contributed by atoms with Crippen molar-refractivity contribution in [3.05, 3.63) is 72.1 Å². The van der Waals surface area contributed by atoms with Crippen LogP contribution in [-0.4, -0.2) is 34.4 Å². The van der Waals surface area contributed by atoms with Crippen molar-refractivity contribution in [1.82, 2.24) is 10.3 Å². The molecule has 0 aliphatic rings. The highest BCUT2D eigenvalue weighted by Gasteiger charge is 2.12. The highest BCUT2D eigenvalue weighted by Crippen LogP contribution is 2.22. The summed E-state index contributed by atoms with van der Waals surface area (Å²) in [4.78, 5) is 38.7. The van der Waals surface area contributed by atoms with Crippen molar-refractivity contribution in [3.8, 4) is 0 Å². The zero-order chi connectivity index (χ0) is 18.5. The number of rotatable bonds is 5. The number of hydrogen-bond donors (Lipinski definition) is 3. The maximum absolute atomic E-state index is 12.1. The standard InChI is InChI=1S/C19H15N3O4/c23-17(22-15-7-3-5-12-4-1-2-6-14(12)15)11-21-18(24)13-8-9-20-16(10-13)19(25)26/h1-10H,11H2,(H,21,24)(H,22,23)(H,25,26). The van der Waals surface area contributed by atoms with Crippen molar-refractivity contribution >= 4 is 34.2 Å². The number of carboxylic acid groups (broad SMARTS) is 1. The molecular formula is C19H15N3O4. The lowest BCUT2D eigenvalue weighted by Gasteiger charge is -2.09. The van der Waals surface area contributed by atoms with E-state index in [1.807, 2.05) is 36.4 Å². The third-order valence-electron chi connectivity index (χ3n) is 3.71. The number of nitrogens with zero attached hydrogens (tertiary/aromatic N) is 1. The number of nitrogens with one attached hydrogen (secondary N) is 2. The number of fused-ring (bicyclic) bond motifs is 1. The Kier molecular flexibility index (Phi) is 4.89. The van der Waals surface area contributed by atoms with Gasteiger partial charge in [0, 0.05) is 22.8 Å². The predicted molar refractivity (Wildman–Crippen MR) is 96.1 cm³/mol. The summed E-state index contributed by atoms with van der Waals surface area (Å²) in [6, 6.07) is 15.7. The highest BCUT2D eigenvalue weighted by molar-refractivity contribution is 6.04. The van der Waals surface area contributed by atoms with Crippen LogP contribution in [0.1, 0.15) is 20.8 Å². The van der Waals surface area contributed by atoms with Crippen LogP contribution in [0.15, 0.2) is 60.8 Å². The Morgan fingerprint density at radius 3 is 2.58 bits per heavy atom. The smallest absolute Gasteiger partial charge is 0.354 e. The number of anilines is 1. The molecule has 0 bridgehead atoms. The Morgan fingerprint density at radius 1 is 1.00 bits per heavy atom. The minimum absolute atomic E-state index is 0.121. The molecule has 1 aromatic heterocycles. The van der Waals surface area contributed by atoms with Crippen LogP contribution in [0.4, 0.5) is 5.69 Å². The third kappa shape index (κ3) is 3.84. The van der Waals surface area contributed by atoms with Crippen LogP contribution in [0.2, 0.25) is 0 Å². The number of amides is 2. The second kappa shape index (κ2) is 7.43. The summed E-state index contributed by atoms with van der Waals surface area (Å²) >= 11 is 0. The van der Waals surface area contributed by atoms with E-state index in [1.165, 1.54) is 12.3 Å². The van der Waals surface area contributed by atoms with E-state index in [0.717, 1.165) is 16.8 Å². The number of hydrogen-bond acceptors (Lipinski definition) is 4. The van der Waals surface area contributed by atoms with Crippen LogP contribution < -0.4 is 10.6 Å². The zero-order valence-electron chi connectivity index (χ0n) is 13.6. The Morgan fingerprint density at radius 2 is 1.77 bits per heavy atom. The van der Waals surface area contributed by atoms with Gasteiger partial charge in [-0.25, -0.2) is 9.78 Å². The second-order valence-electron chi connectivity index (χ2n) is 5.49. The molecule has 7 heteroatoms. The van der Waals surface area contributed by atoms with E-state index >= 15 is 0 Å². The fourth-order valence-electron chi connectivity index (χ4n) is 2.48. The Labute approximate surface area is 148 Å². The number of aromatic nitrogens is 1. The van der Waals surface area contributed by atoms with Gasteiger partial charge in [-0.15, -0.1) is 0 Å². The lowest BCUT2D eigenvalue weighted by molar-refractivity contribution is -0.115. The zero-order valence-corrected chi connectivity index (χ0v) is 13.6. The van der Waals surface area contributed by atoms with Crippen molar-refractivity contribution in [1.29, 1.82) is 0 Å². The summed E-state index contributed by atoms with van der Waals surface area (Å²) < 4.78 is 0. The van der Waals surface area contributed by atoms with Gasteiger partial charge in [-0.1, -0.05) is 36.4 Å². The summed E-state index contributed by atoms with van der Waals surface area (Å²) in [7, 11) is 0. The first-order chi connectivity index (χ1) is 12.5. The van der Waals surface area contributed by atoms with E-state index in [1.54, 1.807) is 6.07 Å². The quantitative estimate of drug-likeness (QED) is 0.655. The first-order valence-corrected chi connectivity index (χ1v) is 7.80. The van der Waals surface area contributed by atoms with E-state index < -0.39 is 11.9 Å². The summed E-state index contributed by atoms with van der Waals surface area (Å²) in [6.07, 6.45) is 1.23. The molecule has 0 spiro atoms. The lowest BCUT2D eigenvalue weighted by Crippen LogP contribution is -2.33. The average molecular weight is 349 g/mol. The molecular weight excluding hydrogens is 334 g/mol. The van der Waals surface area contributed by atoms with Crippen molar-refractivity contribution in [3.63, 3.8) is 0 Å². The molecule has 2 amide bonds. The number of benzene rings is 2. The maximum atomic E-state index is 12.1. The van der Waals surface area contributed by atoms with E-state index in [0.29, 0.717) is 5.69 Å². The predicted octanol–water partition coefficient (Wildman–Crippen LogP) is 2.30. The summed E-state index contributed by atoms with van der Waals surface area (Å²) in [5.41, 5.74) is 0.535. The van der Waals surface area contributed by atoms with Crippen molar-refractivity contribution in [2.24, 2.45) is 0 Å². The Bertz CT molecular complexity index is 996. The number of pyridine rings is 1. The van der Waals surface area contributed by atoms with Gasteiger partial charge in [-0.2, -0.15) is 0 Å². The largest absolute Gasteiger partial charge is 0.477 e. The molecule has 0 saturated heterocycles. The molecule has 1 heterocycles. The minimum atomic E-state index is -1.23. The van der Waals surface area contributed by atoms with Gasteiger partial charge in [0.25, 0.3) is 5.91 Å². The van der Waals surface area contributed by atoms with Crippen molar-refractivity contribution in [2.75, 3.05) is 11.9 Å². The molecule has 0 aliphatic heterocycles. The molecule has 2 aromatic carbocycles. The van der Waals surface area contributed by atoms with Crippen molar-refractivity contribution in [2.45, 2.75) is 0 Å². The molecule has 0 saturated carbocycles. The molecule has 3 rings (SSSR count). The van der Waals surface area contributed by atoms with Gasteiger partial charge in [0.1, 0.15) is 5.69 Å². The second-order valence-corrected chi connectivity index (χ2v) is 5.49. The van der Waals surface area contributed by atoms with Gasteiger partial charge in [0.05, 0.1) is 6.54 Å². The molecule has 0 radical (unpaired) electrons. The number of aromatic carboxylic acids is 1. The fourth-order valence-corrected chi connectivity index (χ4v) is 2.48. The molecule has 0 fully saturated rings. The molecule has 130 valence electrons. The average Bonchev–Trinajstić information content (AvgIpc) is 2.66. The van der Waals surface area contributed by atoms with Crippen LogP contribution in [0.5, 0.6) is 0 Å². The van der Waals surface area contributed by atoms with Crippen LogP contribution in [0.3, 0.4) is 0 Å². The monoisotopic (exact) mass is 349 g/mol. The highest BCUT2D eigenvalue weighted by atomic mass is 16.4. The van der Waals surface area contributed by atoms with Gasteiger partial charge in [0.2, 0.25) is 5.91 Å². The van der Waals surface area contributed by atoms with Crippen LogP contribution >= 0.6 is 0 Å². The molecule has 0 unspecified atom stereocenters. The minimum Gasteiger partial charge on any atom is -0.477 e. The Hall–Kier alpha value is -3.74. The summed E-state index contributed by atoms with van der Waals surface area (Å²) in [5.74, 6) is -2.17. The van der Waals surface area contributed by atoms with E-state index in [2.05, 4.69) is 15.6 Å². The van der Waals surface area contributed by atoms with E-state index in [-0.39, 0.29) is 23.7 Å². The first kappa shape index (κ1) is 17.1. The SMILES string of the molecule is O=C(CNC(=O)c1ccnc(C(=O)O)c1)Nc1cccc2ccccc12. The van der Waals surface area contributed by atoms with Gasteiger partial charge in [-0.05, 0) is 23.6 Å². The summed E-state index contributed by atoms with van der Waals surface area (Å²) in [5, 5.41) is 16.0. The Balaban J connectivity index is 1.64. The van der Waals surface area contributed by atoms with E-state index in [4.69, 9.17) is 5.11 Å². The summed E-state index contributed by atoms with van der Waals surface area (Å²) in [6.45, 7) is -0.243. The van der Waals surface area contributed by atoms with Gasteiger partial charge in [0.15, 0.2) is 0 Å². The maximum Gasteiger partial charge on any atom is 0.354 e. The van der Waals surface area contributed by atoms with Crippen LogP contribution in [-0.2, 0) is 4.79 Å². The molecule has 0 atom stereocenters. The van der Waals surface area contributed by atoms with Gasteiger partial charge in [-0.3, -0.25) is 9.59 Å². The number of carbonyl (C=O) groups is 3. The normalized spacial score (nSPS) is 10.3. The third-order valence-corrected chi connectivity index (χ3v) is 3.71. The molecule has 7 nitrogen and oxygen atoms in total. The van der Waals surface area contributed by atoms with Gasteiger partial charge < -0.3 is 15.7 Å². The molecule has 3 N–H and O–H groups in total. The van der Waals surface area contributed by atoms with E-state index in [9.17, 15) is 14.4 Å². The molecule has 26 heavy (non-hydrogen) atoms. The topological polar surface area (TPSA) is 108 Å². The first-order valence-electron chi connectivity index (χ1n) is 7.80. The van der Waals surface area contributed by atoms with Crippen LogP contribution in [0, 0.1) is 0 Å². The number of carboxylic acids is 1. The fraction of sp³-hybridized carbons (Fsp3) is 0.0526. The lowest BCUT2D eigenvalue weighted by atomic mass is 10.1.